The fourth-order valence-electron chi connectivity index (χ4n) is 1.16. The van der Waals surface area contributed by atoms with E-state index in [9.17, 15) is 0 Å². The van der Waals surface area contributed by atoms with Crippen molar-refractivity contribution in [2.24, 2.45) is 5.41 Å². The normalized spacial score (nSPS) is 15.0. The lowest BCUT2D eigenvalue weighted by Gasteiger charge is -2.22. The Morgan fingerprint density at radius 3 is 2.27 bits per heavy atom. The Labute approximate surface area is 98.4 Å². The van der Waals surface area contributed by atoms with Crippen LogP contribution in [-0.4, -0.2) is 32.5 Å². The van der Waals surface area contributed by atoms with E-state index >= 15 is 0 Å². The van der Waals surface area contributed by atoms with Gasteiger partial charge < -0.3 is 13.0 Å². The maximum Gasteiger partial charge on any atom is 0.312 e. The Bertz CT molecular complexity index is 148. The van der Waals surface area contributed by atoms with Crippen LogP contribution in [0.5, 0.6) is 0 Å². The van der Waals surface area contributed by atoms with Crippen LogP contribution in [0.15, 0.2) is 0 Å². The fourth-order valence-corrected chi connectivity index (χ4v) is 5.01. The second-order valence-electron chi connectivity index (χ2n) is 4.76. The number of rotatable bonds is 8. The maximum atomic E-state index is 5.75. The van der Waals surface area contributed by atoms with Gasteiger partial charge in [-0.05, 0) is 31.7 Å². The monoisotopic (exact) mass is 250 g/mol. The van der Waals surface area contributed by atoms with Gasteiger partial charge in [-0.1, -0.05) is 20.8 Å². The molecule has 0 aromatic heterocycles. The number of hydrogen-bond donors (Lipinski definition) is 0. The summed E-state index contributed by atoms with van der Waals surface area (Å²) < 4.78 is 16.7. The zero-order chi connectivity index (χ0) is 11.7. The van der Waals surface area contributed by atoms with Crippen molar-refractivity contribution in [2.75, 3.05) is 13.2 Å². The van der Waals surface area contributed by atoms with Crippen LogP contribution in [0.3, 0.4) is 0 Å². The summed E-state index contributed by atoms with van der Waals surface area (Å²) in [5.41, 5.74) is 0.374. The number of hydrogen-bond acceptors (Lipinski definition) is 3. The van der Waals surface area contributed by atoms with Crippen molar-refractivity contribution in [2.45, 2.75) is 47.1 Å². The molecule has 0 aliphatic rings. The van der Waals surface area contributed by atoms with Crippen molar-refractivity contribution in [3.8, 4) is 0 Å². The molecule has 0 fully saturated rings. The third-order valence-electron chi connectivity index (χ3n) is 2.02. The quantitative estimate of drug-likeness (QED) is 0.485. The highest BCUT2D eigenvalue weighted by Crippen LogP contribution is 2.22. The summed E-state index contributed by atoms with van der Waals surface area (Å²) in [6.07, 6.45) is 1.17. The standard InChI is InChI=1S/C10H26O3Si2/c1-6-11-14-13-15(12-7-2)9-8-10(3,4)5/h15H,6-9,14H2,1-5H3. The van der Waals surface area contributed by atoms with Crippen LogP contribution in [0.4, 0.5) is 0 Å². The van der Waals surface area contributed by atoms with E-state index in [1.54, 1.807) is 0 Å². The fraction of sp³-hybridized carbons (Fsp3) is 1.00. The Morgan fingerprint density at radius 2 is 1.80 bits per heavy atom. The van der Waals surface area contributed by atoms with E-state index in [0.717, 1.165) is 19.3 Å². The minimum absolute atomic E-state index is 0.374. The smallest absolute Gasteiger partial charge is 0.312 e. The highest BCUT2D eigenvalue weighted by atomic mass is 28.4. The molecule has 0 spiro atoms. The minimum atomic E-state index is -1.43. The Hall–Kier alpha value is 0.314. The molecule has 0 saturated carbocycles. The average Bonchev–Trinajstić information content (AvgIpc) is 2.13. The van der Waals surface area contributed by atoms with E-state index in [0.29, 0.717) is 5.41 Å². The molecule has 0 heterocycles. The third-order valence-corrected chi connectivity index (χ3v) is 6.10. The molecule has 92 valence electrons. The molecular formula is C10H26O3Si2. The van der Waals surface area contributed by atoms with E-state index in [-0.39, 0.29) is 0 Å². The van der Waals surface area contributed by atoms with E-state index in [2.05, 4.69) is 20.8 Å². The van der Waals surface area contributed by atoms with Crippen LogP contribution < -0.4 is 0 Å². The minimum Gasteiger partial charge on any atom is -0.422 e. The molecule has 15 heavy (non-hydrogen) atoms. The first-order valence-corrected chi connectivity index (χ1v) is 8.72. The van der Waals surface area contributed by atoms with Crippen LogP contribution in [-0.2, 0) is 13.0 Å². The molecule has 0 aliphatic heterocycles. The molecular weight excluding hydrogens is 224 g/mol. The van der Waals surface area contributed by atoms with Crippen LogP contribution in [0.25, 0.3) is 0 Å². The average molecular weight is 250 g/mol. The van der Waals surface area contributed by atoms with Gasteiger partial charge in [-0.3, -0.25) is 0 Å². The van der Waals surface area contributed by atoms with E-state index in [4.69, 9.17) is 13.0 Å². The lowest BCUT2D eigenvalue weighted by atomic mass is 9.94. The van der Waals surface area contributed by atoms with E-state index in [1.807, 2.05) is 13.8 Å². The lowest BCUT2D eigenvalue weighted by molar-refractivity contribution is 0.243. The first-order chi connectivity index (χ1) is 6.99. The molecule has 1 atom stereocenters. The largest absolute Gasteiger partial charge is 0.422 e. The summed E-state index contributed by atoms with van der Waals surface area (Å²) in [6.45, 7) is 12.3. The summed E-state index contributed by atoms with van der Waals surface area (Å²) >= 11 is 0. The van der Waals surface area contributed by atoms with Crippen molar-refractivity contribution >= 4 is 19.3 Å². The van der Waals surface area contributed by atoms with Gasteiger partial charge in [0.15, 0.2) is 0 Å². The molecule has 0 bridgehead atoms. The van der Waals surface area contributed by atoms with E-state index in [1.165, 1.54) is 6.42 Å². The summed E-state index contributed by atoms with van der Waals surface area (Å²) in [5, 5.41) is 0. The molecule has 0 aromatic rings. The molecule has 0 amide bonds. The lowest BCUT2D eigenvalue weighted by Crippen LogP contribution is -2.27. The van der Waals surface area contributed by atoms with Crippen LogP contribution in [0.2, 0.25) is 6.04 Å². The van der Waals surface area contributed by atoms with Gasteiger partial charge in [0.2, 0.25) is 0 Å². The summed E-state index contributed by atoms with van der Waals surface area (Å²) in [7, 11) is -2.21. The molecule has 0 radical (unpaired) electrons. The van der Waals surface area contributed by atoms with Crippen LogP contribution in [0, 0.1) is 5.41 Å². The molecule has 0 aliphatic carbocycles. The molecule has 3 nitrogen and oxygen atoms in total. The van der Waals surface area contributed by atoms with Gasteiger partial charge >= 0.3 is 9.28 Å². The SMILES string of the molecule is CCO[SiH2]O[SiH](CCC(C)(C)C)OCC. The van der Waals surface area contributed by atoms with Gasteiger partial charge in [0.25, 0.3) is 10.0 Å². The molecule has 0 N–H and O–H groups in total. The summed E-state index contributed by atoms with van der Waals surface area (Å²) in [6, 6.07) is 1.09. The summed E-state index contributed by atoms with van der Waals surface area (Å²) in [5.74, 6) is 0. The predicted molar refractivity (Wildman–Crippen MR) is 68.9 cm³/mol. The van der Waals surface area contributed by atoms with Gasteiger partial charge in [-0.2, -0.15) is 0 Å². The van der Waals surface area contributed by atoms with Crippen molar-refractivity contribution in [1.29, 1.82) is 0 Å². The third kappa shape index (κ3) is 10.6. The Balaban J connectivity index is 3.72. The molecule has 0 saturated heterocycles. The zero-order valence-corrected chi connectivity index (χ0v) is 13.4. The molecule has 0 rings (SSSR count). The Morgan fingerprint density at radius 1 is 1.13 bits per heavy atom. The second-order valence-corrected chi connectivity index (χ2v) is 8.51. The molecule has 5 heteroatoms. The highest BCUT2D eigenvalue weighted by Gasteiger charge is 2.18. The highest BCUT2D eigenvalue weighted by molar-refractivity contribution is 6.51. The topological polar surface area (TPSA) is 27.7 Å². The predicted octanol–water partition coefficient (Wildman–Crippen LogP) is 1.73. The Kier molecular flexibility index (Phi) is 8.64. The first-order valence-electron chi connectivity index (χ1n) is 5.80. The van der Waals surface area contributed by atoms with Gasteiger partial charge in [0.1, 0.15) is 0 Å². The first kappa shape index (κ1) is 15.3. The maximum absolute atomic E-state index is 5.75. The molecule has 1 unspecified atom stereocenters. The van der Waals surface area contributed by atoms with Gasteiger partial charge in [-0.25, -0.2) is 0 Å². The second kappa shape index (κ2) is 8.46. The van der Waals surface area contributed by atoms with Gasteiger partial charge in [-0.15, -0.1) is 0 Å². The zero-order valence-electron chi connectivity index (χ0n) is 10.8. The van der Waals surface area contributed by atoms with Gasteiger partial charge in [0.05, 0.1) is 0 Å². The van der Waals surface area contributed by atoms with Crippen molar-refractivity contribution < 1.29 is 13.0 Å². The van der Waals surface area contributed by atoms with Crippen LogP contribution in [0.1, 0.15) is 41.0 Å². The van der Waals surface area contributed by atoms with Crippen molar-refractivity contribution in [1.82, 2.24) is 0 Å². The van der Waals surface area contributed by atoms with Gasteiger partial charge in [0, 0.05) is 13.2 Å². The summed E-state index contributed by atoms with van der Waals surface area (Å²) in [4.78, 5) is 0. The van der Waals surface area contributed by atoms with Crippen molar-refractivity contribution in [3.63, 3.8) is 0 Å². The molecule has 0 aromatic carbocycles. The van der Waals surface area contributed by atoms with E-state index < -0.39 is 19.3 Å². The van der Waals surface area contributed by atoms with Crippen LogP contribution >= 0.6 is 0 Å². The van der Waals surface area contributed by atoms with Crippen molar-refractivity contribution in [3.05, 3.63) is 0 Å².